The Labute approximate surface area is 119 Å². The van der Waals surface area contributed by atoms with Crippen molar-refractivity contribution in [1.82, 2.24) is 4.90 Å². The molecule has 1 saturated heterocycles. The Bertz CT molecular complexity index is 634. The summed E-state index contributed by atoms with van der Waals surface area (Å²) in [4.78, 5) is 2.05. The molecule has 1 unspecified atom stereocenters. The molecule has 108 valence electrons. The highest BCUT2D eigenvalue weighted by molar-refractivity contribution is 7.91. The van der Waals surface area contributed by atoms with Crippen molar-refractivity contribution in [3.05, 3.63) is 29.3 Å². The van der Waals surface area contributed by atoms with Crippen molar-refractivity contribution in [3.8, 4) is 11.8 Å². The summed E-state index contributed by atoms with van der Waals surface area (Å²) in [6, 6.07) is 7.58. The molecule has 1 aliphatic heterocycles. The standard InChI is InChI=1S/C14H18N2O3S/c1-16(13-5-6-20(17,18)10-13)9-11-3-4-12(8-15)14(7-11)19-2/h3-4,7,13H,5-6,9-10H2,1-2H3. The molecule has 20 heavy (non-hydrogen) atoms. The van der Waals surface area contributed by atoms with Gasteiger partial charge in [0.25, 0.3) is 0 Å². The normalized spacial score (nSPS) is 20.8. The van der Waals surface area contributed by atoms with E-state index in [4.69, 9.17) is 10.00 Å². The average molecular weight is 294 g/mol. The van der Waals surface area contributed by atoms with E-state index >= 15 is 0 Å². The average Bonchev–Trinajstić information content (AvgIpc) is 2.79. The molecule has 0 spiro atoms. The van der Waals surface area contributed by atoms with Crippen LogP contribution in [0.2, 0.25) is 0 Å². The van der Waals surface area contributed by atoms with E-state index in [0.717, 1.165) is 5.56 Å². The first-order chi connectivity index (χ1) is 9.45. The fourth-order valence-electron chi connectivity index (χ4n) is 2.47. The fraction of sp³-hybridized carbons (Fsp3) is 0.500. The number of nitriles is 1. The van der Waals surface area contributed by atoms with Crippen molar-refractivity contribution in [3.63, 3.8) is 0 Å². The molecule has 6 heteroatoms. The van der Waals surface area contributed by atoms with Gasteiger partial charge in [0.1, 0.15) is 11.8 Å². The van der Waals surface area contributed by atoms with Crippen molar-refractivity contribution in [2.75, 3.05) is 25.7 Å². The maximum atomic E-state index is 11.5. The van der Waals surface area contributed by atoms with Gasteiger partial charge in [-0.3, -0.25) is 4.90 Å². The van der Waals surface area contributed by atoms with Gasteiger partial charge in [0.15, 0.2) is 9.84 Å². The molecule has 0 aromatic heterocycles. The van der Waals surface area contributed by atoms with Gasteiger partial charge in [-0.1, -0.05) is 6.07 Å². The second kappa shape index (κ2) is 5.81. The van der Waals surface area contributed by atoms with E-state index in [1.165, 1.54) is 7.11 Å². The Balaban J connectivity index is 2.09. The number of sulfone groups is 1. The van der Waals surface area contributed by atoms with Crippen LogP contribution in [0.15, 0.2) is 18.2 Å². The quantitative estimate of drug-likeness (QED) is 0.834. The van der Waals surface area contributed by atoms with Crippen molar-refractivity contribution in [1.29, 1.82) is 5.26 Å². The number of nitrogens with zero attached hydrogens (tertiary/aromatic N) is 2. The molecule has 0 radical (unpaired) electrons. The predicted octanol–water partition coefficient (Wildman–Crippen LogP) is 1.19. The van der Waals surface area contributed by atoms with E-state index in [9.17, 15) is 8.42 Å². The highest BCUT2D eigenvalue weighted by Crippen LogP contribution is 2.22. The first kappa shape index (κ1) is 14.8. The number of rotatable bonds is 4. The molecule has 1 atom stereocenters. The molecule has 1 heterocycles. The first-order valence-electron chi connectivity index (χ1n) is 6.43. The maximum Gasteiger partial charge on any atom is 0.151 e. The molecule has 0 N–H and O–H groups in total. The topological polar surface area (TPSA) is 70.4 Å². The Morgan fingerprint density at radius 3 is 2.80 bits per heavy atom. The lowest BCUT2D eigenvalue weighted by Crippen LogP contribution is -2.32. The van der Waals surface area contributed by atoms with Crippen LogP contribution in [-0.2, 0) is 16.4 Å². The SMILES string of the molecule is COc1cc(CN(C)C2CCS(=O)(=O)C2)ccc1C#N. The second-order valence-electron chi connectivity index (χ2n) is 5.12. The molecule has 5 nitrogen and oxygen atoms in total. The molecule has 0 amide bonds. The van der Waals surface area contributed by atoms with Gasteiger partial charge in [-0.25, -0.2) is 8.42 Å². The van der Waals surface area contributed by atoms with Crippen molar-refractivity contribution < 1.29 is 13.2 Å². The van der Waals surface area contributed by atoms with Crippen LogP contribution in [0.1, 0.15) is 17.5 Å². The van der Waals surface area contributed by atoms with Gasteiger partial charge < -0.3 is 4.74 Å². The molecule has 1 fully saturated rings. The number of ether oxygens (including phenoxy) is 1. The van der Waals surface area contributed by atoms with E-state index < -0.39 is 9.84 Å². The highest BCUT2D eigenvalue weighted by Gasteiger charge is 2.30. The third kappa shape index (κ3) is 3.30. The molecule has 1 aromatic carbocycles. The number of methoxy groups -OCH3 is 1. The zero-order chi connectivity index (χ0) is 14.8. The van der Waals surface area contributed by atoms with Gasteiger partial charge in [-0.15, -0.1) is 0 Å². The van der Waals surface area contributed by atoms with Gasteiger partial charge in [-0.05, 0) is 31.2 Å². The van der Waals surface area contributed by atoms with Crippen molar-refractivity contribution in [2.45, 2.75) is 19.0 Å². The lowest BCUT2D eigenvalue weighted by Gasteiger charge is -2.23. The maximum absolute atomic E-state index is 11.5. The van der Waals surface area contributed by atoms with Crippen LogP contribution in [-0.4, -0.2) is 45.0 Å². The number of benzene rings is 1. The van der Waals surface area contributed by atoms with E-state index in [1.807, 2.05) is 24.1 Å². The van der Waals surface area contributed by atoms with Gasteiger partial charge in [0, 0.05) is 12.6 Å². The summed E-state index contributed by atoms with van der Waals surface area (Å²) in [7, 11) is 0.596. The van der Waals surface area contributed by atoms with Crippen molar-refractivity contribution >= 4 is 9.84 Å². The molecular weight excluding hydrogens is 276 g/mol. The summed E-state index contributed by atoms with van der Waals surface area (Å²) in [5.74, 6) is 1.06. The summed E-state index contributed by atoms with van der Waals surface area (Å²) in [6.45, 7) is 0.641. The molecule has 0 bridgehead atoms. The Hall–Kier alpha value is -1.58. The minimum atomic E-state index is -2.87. The largest absolute Gasteiger partial charge is 0.495 e. The third-order valence-corrected chi connectivity index (χ3v) is 5.40. The van der Waals surface area contributed by atoms with Crippen LogP contribution in [0.4, 0.5) is 0 Å². The van der Waals surface area contributed by atoms with Gasteiger partial charge >= 0.3 is 0 Å². The van der Waals surface area contributed by atoms with Gasteiger partial charge in [0.05, 0.1) is 24.2 Å². The molecule has 1 aromatic rings. The molecule has 0 saturated carbocycles. The highest BCUT2D eigenvalue weighted by atomic mass is 32.2. The lowest BCUT2D eigenvalue weighted by molar-refractivity contribution is 0.253. The van der Waals surface area contributed by atoms with E-state index in [0.29, 0.717) is 24.3 Å². The van der Waals surface area contributed by atoms with E-state index in [-0.39, 0.29) is 17.5 Å². The smallest absolute Gasteiger partial charge is 0.151 e. The summed E-state index contributed by atoms with van der Waals surface area (Å²) >= 11 is 0. The fourth-order valence-corrected chi connectivity index (χ4v) is 4.27. The van der Waals surface area contributed by atoms with Crippen LogP contribution in [0.5, 0.6) is 5.75 Å². The molecule has 1 aliphatic rings. The first-order valence-corrected chi connectivity index (χ1v) is 8.25. The third-order valence-electron chi connectivity index (χ3n) is 3.65. The Kier molecular flexibility index (Phi) is 4.31. The zero-order valence-corrected chi connectivity index (χ0v) is 12.5. The lowest BCUT2D eigenvalue weighted by atomic mass is 10.1. The van der Waals surface area contributed by atoms with Crippen LogP contribution in [0.3, 0.4) is 0 Å². The second-order valence-corrected chi connectivity index (χ2v) is 7.35. The Morgan fingerprint density at radius 1 is 1.50 bits per heavy atom. The number of hydrogen-bond acceptors (Lipinski definition) is 5. The predicted molar refractivity (Wildman–Crippen MR) is 76.2 cm³/mol. The summed E-state index contributed by atoms with van der Waals surface area (Å²) in [5, 5.41) is 8.95. The number of hydrogen-bond donors (Lipinski definition) is 0. The molecule has 2 rings (SSSR count). The zero-order valence-electron chi connectivity index (χ0n) is 11.7. The molecule has 0 aliphatic carbocycles. The van der Waals surface area contributed by atoms with Crippen LogP contribution in [0.25, 0.3) is 0 Å². The van der Waals surface area contributed by atoms with Gasteiger partial charge in [0.2, 0.25) is 0 Å². The minimum absolute atomic E-state index is 0.0710. The summed E-state index contributed by atoms with van der Waals surface area (Å²) in [6.07, 6.45) is 0.687. The van der Waals surface area contributed by atoms with E-state index in [1.54, 1.807) is 6.07 Å². The molecular formula is C14H18N2O3S. The van der Waals surface area contributed by atoms with Gasteiger partial charge in [-0.2, -0.15) is 5.26 Å². The monoisotopic (exact) mass is 294 g/mol. The minimum Gasteiger partial charge on any atom is -0.495 e. The summed E-state index contributed by atoms with van der Waals surface area (Å²) < 4.78 is 28.2. The van der Waals surface area contributed by atoms with Crippen LogP contribution in [0, 0.1) is 11.3 Å². The van der Waals surface area contributed by atoms with Crippen molar-refractivity contribution in [2.24, 2.45) is 0 Å². The van der Waals surface area contributed by atoms with Crippen LogP contribution >= 0.6 is 0 Å². The summed E-state index contributed by atoms with van der Waals surface area (Å²) in [5.41, 5.74) is 1.51. The van der Waals surface area contributed by atoms with Crippen LogP contribution < -0.4 is 4.74 Å². The Morgan fingerprint density at radius 2 is 2.25 bits per heavy atom. The van der Waals surface area contributed by atoms with E-state index in [2.05, 4.69) is 6.07 Å².